The summed E-state index contributed by atoms with van der Waals surface area (Å²) in [6.45, 7) is 0.951. The van der Waals surface area contributed by atoms with Crippen LogP contribution in [0, 0.1) is 5.92 Å². The van der Waals surface area contributed by atoms with Crippen molar-refractivity contribution in [3.8, 4) is 22.8 Å². The largest absolute Gasteiger partial charge is 0.497 e. The number of H-pyrrole nitrogens is 1. The van der Waals surface area contributed by atoms with Crippen molar-refractivity contribution >= 4 is 22.4 Å². The summed E-state index contributed by atoms with van der Waals surface area (Å²) in [5.41, 5.74) is 5.78. The maximum absolute atomic E-state index is 5.50. The standard InChI is InChI=1S/C24H24N4O2/c1-29-20-9-19(10-21(12-20)30-2)28(15-16-3-4-16)18-5-6-22-23(11-18)27-24(14-26-22)17-7-8-25-13-17/h5-14,16,25H,3-4,15H2,1-2H3. The minimum Gasteiger partial charge on any atom is -0.497 e. The molecule has 1 aliphatic carbocycles. The molecule has 6 heteroatoms. The van der Waals surface area contributed by atoms with E-state index in [0.29, 0.717) is 5.92 Å². The third kappa shape index (κ3) is 3.68. The summed E-state index contributed by atoms with van der Waals surface area (Å²) in [5.74, 6) is 2.26. The fourth-order valence-electron chi connectivity index (χ4n) is 3.66. The van der Waals surface area contributed by atoms with Gasteiger partial charge in [0, 0.05) is 54.1 Å². The molecule has 6 nitrogen and oxygen atoms in total. The molecule has 0 radical (unpaired) electrons. The van der Waals surface area contributed by atoms with Gasteiger partial charge in [-0.05, 0) is 43.0 Å². The molecule has 0 unspecified atom stereocenters. The Balaban J connectivity index is 1.58. The Labute approximate surface area is 175 Å². The van der Waals surface area contributed by atoms with Crippen LogP contribution in [0.1, 0.15) is 12.8 Å². The Morgan fingerprint density at radius 2 is 1.77 bits per heavy atom. The second-order valence-electron chi connectivity index (χ2n) is 7.65. The van der Waals surface area contributed by atoms with Crippen LogP contribution in [-0.2, 0) is 0 Å². The molecule has 0 amide bonds. The lowest BCUT2D eigenvalue weighted by molar-refractivity contribution is 0.394. The lowest BCUT2D eigenvalue weighted by atomic mass is 10.1. The zero-order valence-electron chi connectivity index (χ0n) is 17.1. The summed E-state index contributed by atoms with van der Waals surface area (Å²) in [4.78, 5) is 14.9. The molecule has 1 aliphatic rings. The van der Waals surface area contributed by atoms with Gasteiger partial charge in [-0.1, -0.05) is 0 Å². The normalized spacial score (nSPS) is 13.4. The summed E-state index contributed by atoms with van der Waals surface area (Å²) >= 11 is 0. The first-order valence-corrected chi connectivity index (χ1v) is 10.1. The predicted octanol–water partition coefficient (Wildman–Crippen LogP) is 5.19. The fraction of sp³-hybridized carbons (Fsp3) is 0.250. The highest BCUT2D eigenvalue weighted by atomic mass is 16.5. The quantitative estimate of drug-likeness (QED) is 0.462. The monoisotopic (exact) mass is 400 g/mol. The van der Waals surface area contributed by atoms with Crippen molar-refractivity contribution in [3.63, 3.8) is 0 Å². The number of rotatable bonds is 7. The van der Waals surface area contributed by atoms with Crippen LogP contribution in [0.5, 0.6) is 11.5 Å². The molecule has 4 aromatic rings. The summed E-state index contributed by atoms with van der Waals surface area (Å²) in [6, 6.07) is 14.3. The summed E-state index contributed by atoms with van der Waals surface area (Å²) in [6.07, 6.45) is 8.18. The van der Waals surface area contributed by atoms with Crippen molar-refractivity contribution < 1.29 is 9.47 Å². The molecule has 2 aromatic carbocycles. The van der Waals surface area contributed by atoms with Crippen molar-refractivity contribution in [1.29, 1.82) is 0 Å². The Morgan fingerprint density at radius 1 is 0.967 bits per heavy atom. The number of aromatic nitrogens is 3. The molecular formula is C24H24N4O2. The number of hydrogen-bond donors (Lipinski definition) is 1. The Bertz CT molecular complexity index is 1150. The van der Waals surface area contributed by atoms with Gasteiger partial charge in [-0.25, -0.2) is 4.98 Å². The molecule has 0 atom stereocenters. The lowest BCUT2D eigenvalue weighted by Gasteiger charge is -2.26. The number of benzene rings is 2. The average molecular weight is 400 g/mol. The smallest absolute Gasteiger partial charge is 0.124 e. The number of hydrogen-bond acceptors (Lipinski definition) is 5. The van der Waals surface area contributed by atoms with E-state index in [1.165, 1.54) is 12.8 Å². The number of fused-ring (bicyclic) bond motifs is 1. The lowest BCUT2D eigenvalue weighted by Crippen LogP contribution is -2.20. The van der Waals surface area contributed by atoms with E-state index >= 15 is 0 Å². The topological polar surface area (TPSA) is 63.3 Å². The average Bonchev–Trinajstić information content (AvgIpc) is 3.45. The van der Waals surface area contributed by atoms with Crippen LogP contribution in [0.4, 0.5) is 11.4 Å². The van der Waals surface area contributed by atoms with Crippen LogP contribution in [-0.4, -0.2) is 35.7 Å². The molecule has 5 rings (SSSR count). The van der Waals surface area contributed by atoms with E-state index in [9.17, 15) is 0 Å². The van der Waals surface area contributed by atoms with Gasteiger partial charge in [0.15, 0.2) is 0 Å². The molecule has 2 heterocycles. The van der Waals surface area contributed by atoms with Gasteiger partial charge in [0.2, 0.25) is 0 Å². The molecule has 1 saturated carbocycles. The van der Waals surface area contributed by atoms with E-state index in [0.717, 1.165) is 51.7 Å². The number of methoxy groups -OCH3 is 2. The van der Waals surface area contributed by atoms with Crippen LogP contribution in [0.15, 0.2) is 61.1 Å². The van der Waals surface area contributed by atoms with Crippen LogP contribution in [0.25, 0.3) is 22.3 Å². The maximum Gasteiger partial charge on any atom is 0.124 e. The molecule has 152 valence electrons. The molecular weight excluding hydrogens is 376 g/mol. The minimum absolute atomic E-state index is 0.704. The number of ether oxygens (including phenoxy) is 2. The van der Waals surface area contributed by atoms with Crippen LogP contribution >= 0.6 is 0 Å². The second-order valence-corrected chi connectivity index (χ2v) is 7.65. The van der Waals surface area contributed by atoms with Gasteiger partial charge in [0.25, 0.3) is 0 Å². The van der Waals surface area contributed by atoms with E-state index in [1.807, 2.05) is 36.8 Å². The molecule has 0 spiro atoms. The summed E-state index contributed by atoms with van der Waals surface area (Å²) in [7, 11) is 3.36. The SMILES string of the molecule is COc1cc(OC)cc(N(CC2CC2)c2ccc3ncc(-c4cc[nH]c4)nc3c2)c1. The first-order chi connectivity index (χ1) is 14.7. The molecule has 0 saturated heterocycles. The minimum atomic E-state index is 0.704. The summed E-state index contributed by atoms with van der Waals surface area (Å²) in [5, 5.41) is 0. The number of nitrogens with zero attached hydrogens (tertiary/aromatic N) is 3. The zero-order chi connectivity index (χ0) is 20.5. The highest BCUT2D eigenvalue weighted by molar-refractivity contribution is 5.82. The van der Waals surface area contributed by atoms with Gasteiger partial charge in [-0.15, -0.1) is 0 Å². The van der Waals surface area contributed by atoms with Gasteiger partial charge in [0.1, 0.15) is 11.5 Å². The highest BCUT2D eigenvalue weighted by Gasteiger charge is 2.26. The van der Waals surface area contributed by atoms with Crippen molar-refractivity contribution in [3.05, 3.63) is 61.1 Å². The van der Waals surface area contributed by atoms with Crippen LogP contribution in [0.3, 0.4) is 0 Å². The number of aromatic amines is 1. The zero-order valence-corrected chi connectivity index (χ0v) is 17.1. The van der Waals surface area contributed by atoms with Gasteiger partial charge in [-0.3, -0.25) is 4.98 Å². The predicted molar refractivity (Wildman–Crippen MR) is 119 cm³/mol. The maximum atomic E-state index is 5.50. The summed E-state index contributed by atoms with van der Waals surface area (Å²) < 4.78 is 11.0. The van der Waals surface area contributed by atoms with E-state index in [1.54, 1.807) is 14.2 Å². The molecule has 1 fully saturated rings. The van der Waals surface area contributed by atoms with Gasteiger partial charge >= 0.3 is 0 Å². The van der Waals surface area contributed by atoms with Crippen LogP contribution < -0.4 is 14.4 Å². The third-order valence-corrected chi connectivity index (χ3v) is 5.52. The molecule has 0 bridgehead atoms. The molecule has 0 aliphatic heterocycles. The van der Waals surface area contributed by atoms with Crippen molar-refractivity contribution in [2.24, 2.45) is 5.92 Å². The van der Waals surface area contributed by atoms with Gasteiger partial charge in [-0.2, -0.15) is 0 Å². The van der Waals surface area contributed by atoms with E-state index in [2.05, 4.69) is 39.1 Å². The second kappa shape index (κ2) is 7.71. The van der Waals surface area contributed by atoms with Crippen molar-refractivity contribution in [1.82, 2.24) is 15.0 Å². The third-order valence-electron chi connectivity index (χ3n) is 5.52. The number of nitrogens with one attached hydrogen (secondary N) is 1. The van der Waals surface area contributed by atoms with E-state index < -0.39 is 0 Å². The highest BCUT2D eigenvalue weighted by Crippen LogP contribution is 2.38. The van der Waals surface area contributed by atoms with Crippen molar-refractivity contribution in [2.45, 2.75) is 12.8 Å². The molecule has 30 heavy (non-hydrogen) atoms. The van der Waals surface area contributed by atoms with Gasteiger partial charge in [0.05, 0.1) is 37.1 Å². The Kier molecular flexibility index (Phi) is 4.75. The number of anilines is 2. The van der Waals surface area contributed by atoms with Crippen LogP contribution in [0.2, 0.25) is 0 Å². The van der Waals surface area contributed by atoms with E-state index in [-0.39, 0.29) is 0 Å². The Morgan fingerprint density at radius 3 is 2.43 bits per heavy atom. The first-order valence-electron chi connectivity index (χ1n) is 10.1. The molecule has 1 N–H and O–H groups in total. The van der Waals surface area contributed by atoms with Gasteiger partial charge < -0.3 is 19.4 Å². The first kappa shape index (κ1) is 18.5. The van der Waals surface area contributed by atoms with Crippen molar-refractivity contribution in [2.75, 3.05) is 25.7 Å². The molecule has 2 aromatic heterocycles. The fourth-order valence-corrected chi connectivity index (χ4v) is 3.66. The van der Waals surface area contributed by atoms with E-state index in [4.69, 9.17) is 14.5 Å². The Hall–Kier alpha value is -3.54.